The Morgan fingerprint density at radius 3 is 1.21 bits per heavy atom. The molecule has 0 aliphatic carbocycles. The summed E-state index contributed by atoms with van der Waals surface area (Å²) in [7, 11) is 3.79. The fraction of sp³-hybridized carbons (Fsp3) is 0.955. The monoisotopic (exact) mass is 1120 g/mol. The van der Waals surface area contributed by atoms with E-state index in [4.69, 9.17) is 14.2 Å². The highest BCUT2D eigenvalue weighted by Crippen LogP contribution is 2.25. The topological polar surface area (TPSA) is 85.4 Å². The summed E-state index contributed by atoms with van der Waals surface area (Å²) >= 11 is 0. The van der Waals surface area contributed by atoms with Gasteiger partial charge in [0.15, 0.2) is 0 Å². The van der Waals surface area contributed by atoms with Crippen LogP contribution >= 0.6 is 21.6 Å². The number of carbonyl (C=O) groups excluding carboxylic acids is 3. The fourth-order valence-electron chi connectivity index (χ4n) is 11.4. The minimum atomic E-state index is -0.0446. The average molecular weight is 1120 g/mol. The van der Waals surface area contributed by atoms with E-state index in [1.807, 2.05) is 21.6 Å². The Labute approximate surface area is 487 Å². The van der Waals surface area contributed by atoms with E-state index >= 15 is 0 Å². The lowest BCUT2D eigenvalue weighted by Gasteiger charge is -2.32. The number of esters is 3. The highest BCUT2D eigenvalue weighted by molar-refractivity contribution is 8.76. The molecule has 0 aromatic carbocycles. The molecule has 1 aliphatic heterocycles. The molecule has 0 saturated carbocycles. The first-order valence-corrected chi connectivity index (χ1v) is 36.5. The van der Waals surface area contributed by atoms with Crippen LogP contribution < -0.4 is 0 Å². The Balaban J connectivity index is 2.70. The third kappa shape index (κ3) is 49.4. The SMILES string of the molecule is CCCCCCCCSSCCOC(=O)CCN(CCCN1CCCC1)C(CCCCCCCCC(=O)OCC(CCCCCC)CCCCCC)CCCCCCCCC(=O)OCC(CCCCCC)CCCCCC. The molecule has 0 aromatic rings. The van der Waals surface area contributed by atoms with Gasteiger partial charge in [-0.05, 0) is 115 Å². The zero-order chi connectivity index (χ0) is 55.8. The number of hydrogen-bond donors (Lipinski definition) is 0. The predicted molar refractivity (Wildman–Crippen MR) is 337 cm³/mol. The molecule has 77 heavy (non-hydrogen) atoms. The van der Waals surface area contributed by atoms with Gasteiger partial charge in [0, 0.05) is 36.9 Å². The Morgan fingerprint density at radius 2 is 0.753 bits per heavy atom. The maximum absolute atomic E-state index is 13.2. The van der Waals surface area contributed by atoms with Crippen LogP contribution in [0.3, 0.4) is 0 Å². The van der Waals surface area contributed by atoms with Crippen molar-refractivity contribution in [1.29, 1.82) is 0 Å². The second-order valence-electron chi connectivity index (χ2n) is 23.8. The molecular weight excluding hydrogens is 993 g/mol. The van der Waals surface area contributed by atoms with Crippen LogP contribution in [-0.2, 0) is 28.6 Å². The fourth-order valence-corrected chi connectivity index (χ4v) is 13.4. The Bertz CT molecular complexity index is 1190. The molecular formula is C67H130N2O6S2. The van der Waals surface area contributed by atoms with E-state index in [9.17, 15) is 14.4 Å². The highest BCUT2D eigenvalue weighted by Gasteiger charge is 2.21. The molecule has 8 nitrogen and oxygen atoms in total. The van der Waals surface area contributed by atoms with E-state index in [0.29, 0.717) is 57.0 Å². The van der Waals surface area contributed by atoms with Gasteiger partial charge in [0.05, 0.1) is 19.6 Å². The molecule has 0 bridgehead atoms. The Morgan fingerprint density at radius 1 is 0.390 bits per heavy atom. The van der Waals surface area contributed by atoms with Gasteiger partial charge in [-0.1, -0.05) is 255 Å². The highest BCUT2D eigenvalue weighted by atomic mass is 33.1. The zero-order valence-corrected chi connectivity index (χ0v) is 53.6. The third-order valence-electron chi connectivity index (χ3n) is 16.5. The Hall–Kier alpha value is -0.970. The van der Waals surface area contributed by atoms with Gasteiger partial charge < -0.3 is 19.1 Å². The second kappa shape index (κ2) is 58.2. The molecule has 0 unspecified atom stereocenters. The van der Waals surface area contributed by atoms with Crippen molar-refractivity contribution in [3.05, 3.63) is 0 Å². The zero-order valence-electron chi connectivity index (χ0n) is 52.0. The van der Waals surface area contributed by atoms with Gasteiger partial charge in [0.2, 0.25) is 0 Å². The molecule has 1 aliphatic rings. The standard InChI is InChI=1S/C67H130N2O6S2/c1-6-11-16-21-30-41-58-76-77-59-57-73-67(72)51-56-69(55-42-54-68-52-39-40-53-68)64(47-35-26-22-24-28-37-49-65(70)74-60-62(43-31-17-12-7-2)44-32-18-13-8-3)48-36-27-23-25-29-38-50-66(71)75-61-63(45-33-19-14-9-4)46-34-20-15-10-5/h62-64H,6-61H2,1-5H3. The van der Waals surface area contributed by atoms with Gasteiger partial charge in [-0.25, -0.2) is 0 Å². The smallest absolute Gasteiger partial charge is 0.307 e. The van der Waals surface area contributed by atoms with E-state index in [1.165, 1.54) is 263 Å². The van der Waals surface area contributed by atoms with Crippen molar-refractivity contribution in [3.63, 3.8) is 0 Å². The van der Waals surface area contributed by atoms with Crippen molar-refractivity contribution in [3.8, 4) is 0 Å². The van der Waals surface area contributed by atoms with E-state index in [0.717, 1.165) is 57.5 Å². The van der Waals surface area contributed by atoms with Crippen molar-refractivity contribution in [2.45, 2.75) is 336 Å². The summed E-state index contributed by atoms with van der Waals surface area (Å²) in [6, 6.07) is 0.476. The van der Waals surface area contributed by atoms with E-state index in [2.05, 4.69) is 44.4 Å². The number of hydrogen-bond acceptors (Lipinski definition) is 10. The first-order chi connectivity index (χ1) is 37.9. The van der Waals surface area contributed by atoms with Crippen LogP contribution in [-0.4, -0.2) is 97.8 Å². The lowest BCUT2D eigenvalue weighted by atomic mass is 9.95. The van der Waals surface area contributed by atoms with Crippen molar-refractivity contribution in [2.75, 3.05) is 64.1 Å². The number of ether oxygens (including phenoxy) is 3. The van der Waals surface area contributed by atoms with Crippen molar-refractivity contribution in [1.82, 2.24) is 9.80 Å². The summed E-state index contributed by atoms with van der Waals surface area (Å²) in [4.78, 5) is 44.1. The predicted octanol–water partition coefficient (Wildman–Crippen LogP) is 20.3. The minimum Gasteiger partial charge on any atom is -0.465 e. The van der Waals surface area contributed by atoms with Crippen LogP contribution in [0.25, 0.3) is 0 Å². The third-order valence-corrected chi connectivity index (χ3v) is 18.9. The van der Waals surface area contributed by atoms with E-state index < -0.39 is 0 Å². The maximum atomic E-state index is 13.2. The maximum Gasteiger partial charge on any atom is 0.307 e. The van der Waals surface area contributed by atoms with Gasteiger partial charge in [-0.15, -0.1) is 0 Å². The number of rotatable bonds is 61. The summed E-state index contributed by atoms with van der Waals surface area (Å²) < 4.78 is 17.6. The van der Waals surface area contributed by atoms with Crippen molar-refractivity contribution in [2.24, 2.45) is 11.8 Å². The average Bonchev–Trinajstić information content (AvgIpc) is 3.96. The van der Waals surface area contributed by atoms with Crippen molar-refractivity contribution >= 4 is 39.5 Å². The quantitative estimate of drug-likeness (QED) is 0.0254. The second-order valence-corrected chi connectivity index (χ2v) is 26.5. The molecule has 456 valence electrons. The summed E-state index contributed by atoms with van der Waals surface area (Å²) in [5.74, 6) is 3.06. The molecule has 1 saturated heterocycles. The molecule has 0 aromatic heterocycles. The first-order valence-electron chi connectivity index (χ1n) is 34.0. The molecule has 1 heterocycles. The normalized spacial score (nSPS) is 13.1. The molecule has 10 heteroatoms. The largest absolute Gasteiger partial charge is 0.465 e. The summed E-state index contributed by atoms with van der Waals surface area (Å²) in [6.45, 7) is 18.5. The number of carbonyl (C=O) groups is 3. The van der Waals surface area contributed by atoms with Crippen LogP contribution in [0, 0.1) is 11.8 Å². The molecule has 0 atom stereocenters. The van der Waals surface area contributed by atoms with Gasteiger partial charge in [-0.3, -0.25) is 19.3 Å². The summed E-state index contributed by atoms with van der Waals surface area (Å²) in [5.41, 5.74) is 0. The van der Waals surface area contributed by atoms with Gasteiger partial charge >= 0.3 is 17.9 Å². The minimum absolute atomic E-state index is 0.00510. The van der Waals surface area contributed by atoms with Crippen LogP contribution in [0.1, 0.15) is 330 Å². The molecule has 0 N–H and O–H groups in total. The molecule has 0 amide bonds. The molecule has 1 rings (SSSR count). The Kier molecular flexibility index (Phi) is 56.0. The summed E-state index contributed by atoms with van der Waals surface area (Å²) in [6.07, 6.45) is 54.6. The van der Waals surface area contributed by atoms with E-state index in [1.54, 1.807) is 0 Å². The lowest BCUT2D eigenvalue weighted by Crippen LogP contribution is -2.39. The van der Waals surface area contributed by atoms with Gasteiger partial charge in [0.25, 0.3) is 0 Å². The van der Waals surface area contributed by atoms with Crippen LogP contribution in [0.15, 0.2) is 0 Å². The van der Waals surface area contributed by atoms with Crippen molar-refractivity contribution < 1.29 is 28.6 Å². The molecule has 0 spiro atoms. The number of likely N-dealkylation sites (tertiary alicyclic amines) is 1. The lowest BCUT2D eigenvalue weighted by molar-refractivity contribution is -0.146. The number of unbranched alkanes of at least 4 members (excludes halogenated alkanes) is 27. The number of nitrogens with zero attached hydrogens (tertiary/aromatic N) is 2. The van der Waals surface area contributed by atoms with E-state index in [-0.39, 0.29) is 17.9 Å². The molecule has 0 radical (unpaired) electrons. The van der Waals surface area contributed by atoms with Gasteiger partial charge in [0.1, 0.15) is 6.61 Å². The first kappa shape index (κ1) is 74.0. The molecule has 1 fully saturated rings. The van der Waals surface area contributed by atoms with Crippen LogP contribution in [0.2, 0.25) is 0 Å². The van der Waals surface area contributed by atoms with Crippen LogP contribution in [0.5, 0.6) is 0 Å². The van der Waals surface area contributed by atoms with Gasteiger partial charge in [-0.2, -0.15) is 0 Å². The summed E-state index contributed by atoms with van der Waals surface area (Å²) in [5, 5.41) is 0. The van der Waals surface area contributed by atoms with Crippen LogP contribution in [0.4, 0.5) is 0 Å².